The highest BCUT2D eigenvalue weighted by Gasteiger charge is 2.30. The van der Waals surface area contributed by atoms with Gasteiger partial charge in [-0.05, 0) is 56.4 Å². The lowest BCUT2D eigenvalue weighted by molar-refractivity contribution is -0.116. The molecule has 2 aliphatic rings. The van der Waals surface area contributed by atoms with Crippen LogP contribution in [0.5, 0.6) is 0 Å². The minimum absolute atomic E-state index is 0.0857. The SMILES string of the molecule is Cc1c(N2CCCC2)ccc2c1NC(=O)CC2c1cnn(C(C)C)c1. The smallest absolute Gasteiger partial charge is 0.225 e. The molecule has 1 saturated heterocycles. The fourth-order valence-electron chi connectivity index (χ4n) is 4.08. The molecule has 4 rings (SSSR count). The average Bonchev–Trinajstić information content (AvgIpc) is 3.27. The topological polar surface area (TPSA) is 50.2 Å². The third-order valence-corrected chi connectivity index (χ3v) is 5.50. The van der Waals surface area contributed by atoms with Crippen molar-refractivity contribution in [1.82, 2.24) is 9.78 Å². The molecule has 5 nitrogen and oxygen atoms in total. The molecule has 2 aliphatic heterocycles. The molecule has 3 heterocycles. The molecule has 1 atom stereocenters. The minimum atomic E-state index is 0.0857. The molecule has 1 amide bonds. The van der Waals surface area contributed by atoms with Crippen molar-refractivity contribution in [1.29, 1.82) is 0 Å². The average molecular weight is 338 g/mol. The van der Waals surface area contributed by atoms with Gasteiger partial charge < -0.3 is 10.2 Å². The Hall–Kier alpha value is -2.30. The van der Waals surface area contributed by atoms with Crippen LogP contribution < -0.4 is 10.2 Å². The lowest BCUT2D eigenvalue weighted by Crippen LogP contribution is -2.26. The normalized spacial score (nSPS) is 20.1. The Morgan fingerprint density at radius 2 is 2.00 bits per heavy atom. The van der Waals surface area contributed by atoms with Gasteiger partial charge in [0.2, 0.25) is 5.91 Å². The highest BCUT2D eigenvalue weighted by molar-refractivity contribution is 5.97. The first kappa shape index (κ1) is 16.2. The summed E-state index contributed by atoms with van der Waals surface area (Å²) in [6, 6.07) is 4.76. The summed E-state index contributed by atoms with van der Waals surface area (Å²) in [7, 11) is 0. The number of rotatable bonds is 3. The van der Waals surface area contributed by atoms with Crippen molar-refractivity contribution in [3.8, 4) is 0 Å². The summed E-state index contributed by atoms with van der Waals surface area (Å²) in [6.45, 7) is 8.58. The number of benzene rings is 1. The summed E-state index contributed by atoms with van der Waals surface area (Å²) in [5, 5.41) is 7.60. The van der Waals surface area contributed by atoms with Gasteiger partial charge in [-0.15, -0.1) is 0 Å². The van der Waals surface area contributed by atoms with E-state index in [1.807, 2.05) is 10.9 Å². The van der Waals surface area contributed by atoms with Gasteiger partial charge in [0.05, 0.1) is 6.20 Å². The maximum Gasteiger partial charge on any atom is 0.225 e. The van der Waals surface area contributed by atoms with E-state index in [0.717, 1.165) is 24.3 Å². The summed E-state index contributed by atoms with van der Waals surface area (Å²) in [4.78, 5) is 14.8. The molecule has 0 bridgehead atoms. The van der Waals surface area contributed by atoms with E-state index in [1.54, 1.807) is 0 Å². The largest absolute Gasteiger partial charge is 0.371 e. The third kappa shape index (κ3) is 2.81. The van der Waals surface area contributed by atoms with Gasteiger partial charge in [-0.3, -0.25) is 9.48 Å². The molecule has 0 radical (unpaired) electrons. The van der Waals surface area contributed by atoms with Gasteiger partial charge in [0.15, 0.2) is 0 Å². The van der Waals surface area contributed by atoms with E-state index in [1.165, 1.54) is 29.7 Å². The van der Waals surface area contributed by atoms with Crippen molar-refractivity contribution in [3.63, 3.8) is 0 Å². The quantitative estimate of drug-likeness (QED) is 0.925. The first-order chi connectivity index (χ1) is 12.0. The second-order valence-electron chi connectivity index (χ2n) is 7.52. The Morgan fingerprint density at radius 3 is 2.68 bits per heavy atom. The first-order valence-corrected chi connectivity index (χ1v) is 9.27. The predicted octanol–water partition coefficient (Wildman–Crippen LogP) is 3.85. The number of anilines is 2. The number of hydrogen-bond acceptors (Lipinski definition) is 3. The zero-order valence-corrected chi connectivity index (χ0v) is 15.2. The molecular formula is C20H26N4O. The Balaban J connectivity index is 1.75. The van der Waals surface area contributed by atoms with Crippen LogP contribution in [0.25, 0.3) is 0 Å². The second-order valence-corrected chi connectivity index (χ2v) is 7.52. The van der Waals surface area contributed by atoms with Gasteiger partial charge in [-0.25, -0.2) is 0 Å². The Morgan fingerprint density at radius 1 is 1.24 bits per heavy atom. The molecule has 25 heavy (non-hydrogen) atoms. The second kappa shape index (κ2) is 6.21. The van der Waals surface area contributed by atoms with E-state index in [9.17, 15) is 4.79 Å². The van der Waals surface area contributed by atoms with E-state index < -0.39 is 0 Å². The summed E-state index contributed by atoms with van der Waals surface area (Å²) < 4.78 is 1.97. The summed E-state index contributed by atoms with van der Waals surface area (Å²) >= 11 is 0. The van der Waals surface area contributed by atoms with Crippen LogP contribution in [0.4, 0.5) is 11.4 Å². The standard InChI is InChI=1S/C20H26N4O/c1-13(2)24-12-15(11-21-24)17-10-19(25)22-20-14(3)18(7-6-16(17)20)23-8-4-5-9-23/h6-7,11-13,17H,4-5,8-10H2,1-3H3,(H,22,25). The Bertz CT molecular complexity index is 802. The molecular weight excluding hydrogens is 312 g/mol. The number of hydrogen-bond donors (Lipinski definition) is 1. The van der Waals surface area contributed by atoms with E-state index >= 15 is 0 Å². The molecule has 132 valence electrons. The van der Waals surface area contributed by atoms with Gasteiger partial charge in [-0.1, -0.05) is 6.07 Å². The van der Waals surface area contributed by atoms with Crippen LogP contribution in [0.2, 0.25) is 0 Å². The number of nitrogens with one attached hydrogen (secondary N) is 1. The molecule has 1 fully saturated rings. The van der Waals surface area contributed by atoms with Crippen LogP contribution in [0, 0.1) is 6.92 Å². The number of carbonyl (C=O) groups excluding carboxylic acids is 1. The lowest BCUT2D eigenvalue weighted by atomic mass is 9.84. The van der Waals surface area contributed by atoms with Crippen molar-refractivity contribution in [2.24, 2.45) is 0 Å². The predicted molar refractivity (Wildman–Crippen MR) is 100 cm³/mol. The maximum absolute atomic E-state index is 12.4. The van der Waals surface area contributed by atoms with Crippen LogP contribution in [-0.4, -0.2) is 28.8 Å². The zero-order valence-electron chi connectivity index (χ0n) is 15.2. The van der Waals surface area contributed by atoms with Crippen molar-refractivity contribution >= 4 is 17.3 Å². The van der Waals surface area contributed by atoms with Crippen LogP contribution in [-0.2, 0) is 4.79 Å². The van der Waals surface area contributed by atoms with Crippen molar-refractivity contribution in [2.45, 2.75) is 52.0 Å². The van der Waals surface area contributed by atoms with Crippen molar-refractivity contribution < 1.29 is 4.79 Å². The molecule has 0 spiro atoms. The molecule has 1 aromatic carbocycles. The summed E-state index contributed by atoms with van der Waals surface area (Å²) in [5.74, 6) is 0.180. The molecule has 2 aromatic rings. The molecule has 5 heteroatoms. The van der Waals surface area contributed by atoms with Crippen LogP contribution in [0.15, 0.2) is 24.5 Å². The van der Waals surface area contributed by atoms with Gasteiger partial charge in [0.25, 0.3) is 0 Å². The highest BCUT2D eigenvalue weighted by Crippen LogP contribution is 2.42. The van der Waals surface area contributed by atoms with Gasteiger partial charge in [-0.2, -0.15) is 5.10 Å². The highest BCUT2D eigenvalue weighted by atomic mass is 16.1. The van der Waals surface area contributed by atoms with E-state index in [0.29, 0.717) is 12.5 Å². The number of nitrogens with zero attached hydrogens (tertiary/aromatic N) is 3. The number of fused-ring (bicyclic) bond motifs is 1. The fraction of sp³-hybridized carbons (Fsp3) is 0.500. The molecule has 1 N–H and O–H groups in total. The minimum Gasteiger partial charge on any atom is -0.371 e. The Labute approximate surface area is 149 Å². The first-order valence-electron chi connectivity index (χ1n) is 9.27. The lowest BCUT2D eigenvalue weighted by Gasteiger charge is -2.30. The summed E-state index contributed by atoms with van der Waals surface area (Å²) in [6.07, 6.45) is 6.98. The van der Waals surface area contributed by atoms with E-state index in [2.05, 4.69) is 54.4 Å². The molecule has 1 aromatic heterocycles. The number of carbonyl (C=O) groups is 1. The van der Waals surface area contributed by atoms with E-state index in [-0.39, 0.29) is 11.8 Å². The fourth-order valence-corrected chi connectivity index (χ4v) is 4.08. The number of amides is 1. The van der Waals surface area contributed by atoms with E-state index in [4.69, 9.17) is 0 Å². The zero-order chi connectivity index (χ0) is 17.6. The van der Waals surface area contributed by atoms with Crippen LogP contribution in [0.1, 0.15) is 61.8 Å². The van der Waals surface area contributed by atoms with Gasteiger partial charge in [0, 0.05) is 49.0 Å². The molecule has 0 aliphatic carbocycles. The summed E-state index contributed by atoms with van der Waals surface area (Å²) in [5.41, 5.74) is 5.79. The maximum atomic E-state index is 12.4. The third-order valence-electron chi connectivity index (χ3n) is 5.50. The molecule has 1 unspecified atom stereocenters. The number of aromatic nitrogens is 2. The van der Waals surface area contributed by atoms with Gasteiger partial charge >= 0.3 is 0 Å². The van der Waals surface area contributed by atoms with Gasteiger partial charge in [0.1, 0.15) is 0 Å². The van der Waals surface area contributed by atoms with Crippen LogP contribution in [0.3, 0.4) is 0 Å². The van der Waals surface area contributed by atoms with Crippen molar-refractivity contribution in [3.05, 3.63) is 41.2 Å². The monoisotopic (exact) mass is 338 g/mol. The molecule has 0 saturated carbocycles. The van der Waals surface area contributed by atoms with Crippen molar-refractivity contribution in [2.75, 3.05) is 23.3 Å². The Kier molecular flexibility index (Phi) is 4.02. The van der Waals surface area contributed by atoms with Crippen LogP contribution >= 0.6 is 0 Å².